The lowest BCUT2D eigenvalue weighted by atomic mass is 9.90. The lowest BCUT2D eigenvalue weighted by Gasteiger charge is -2.29. The number of phenolic OH excluding ortho intramolecular Hbond substituents is 1. The van der Waals surface area contributed by atoms with Crippen molar-refractivity contribution in [3.05, 3.63) is 107 Å². The zero-order chi connectivity index (χ0) is 53.2. The number of aliphatic hydroxyl groups is 2. The minimum atomic E-state index is -1.80. The summed E-state index contributed by atoms with van der Waals surface area (Å²) in [6, 6.07) is 12.3. The van der Waals surface area contributed by atoms with E-state index in [-0.39, 0.29) is 49.5 Å². The predicted molar refractivity (Wildman–Crippen MR) is 276 cm³/mol. The first-order chi connectivity index (χ1) is 34.8. The molecule has 0 radical (unpaired) electrons. The quantitative estimate of drug-likeness (QED) is 0.0643. The van der Waals surface area contributed by atoms with Crippen LogP contribution in [0.5, 0.6) is 5.75 Å². The zero-order valence-corrected chi connectivity index (χ0v) is 42.3. The third-order valence-corrected chi connectivity index (χ3v) is 14.9. The molecule has 1 aliphatic carbocycles. The third kappa shape index (κ3) is 17.4. The molecule has 6 amide bonds. The molecule has 5 rings (SSSR count). The number of hydrogen-bond acceptors (Lipinski definition) is 15. The predicted octanol–water partition coefficient (Wildman–Crippen LogP) is 0.389. The molecule has 3 aromatic rings. The molecule has 0 unspecified atom stereocenters. The Hall–Kier alpha value is -6.30. The topological polar surface area (TPSA) is 342 Å². The summed E-state index contributed by atoms with van der Waals surface area (Å²) >= 11 is 0. The van der Waals surface area contributed by atoms with E-state index in [1.54, 1.807) is 42.5 Å². The first-order valence-corrected chi connectivity index (χ1v) is 26.6. The second-order valence-electron chi connectivity index (χ2n) is 18.2. The van der Waals surface area contributed by atoms with E-state index < -0.39 is 114 Å². The fourth-order valence-corrected chi connectivity index (χ4v) is 10.7. The number of unbranched alkanes of at least 4 members (excludes halogenated alkanes) is 1. The van der Waals surface area contributed by atoms with E-state index in [1.807, 2.05) is 30.3 Å². The number of phenols is 1. The van der Waals surface area contributed by atoms with Gasteiger partial charge in [0.2, 0.25) is 35.4 Å². The van der Waals surface area contributed by atoms with Crippen LogP contribution in [0, 0.1) is 5.92 Å². The van der Waals surface area contributed by atoms with E-state index in [1.165, 1.54) is 19.1 Å². The number of fused-ring (bicyclic) bond motifs is 1. The maximum absolute atomic E-state index is 14.8. The second-order valence-corrected chi connectivity index (χ2v) is 20.8. The summed E-state index contributed by atoms with van der Waals surface area (Å²) in [5, 5.41) is 56.4. The molecule has 22 heteroatoms. The van der Waals surface area contributed by atoms with Crippen molar-refractivity contribution < 1.29 is 58.8 Å². The Bertz CT molecular complexity index is 2440. The van der Waals surface area contributed by atoms with Gasteiger partial charge in [0.15, 0.2) is 11.8 Å². The molecule has 73 heavy (non-hydrogen) atoms. The Morgan fingerprint density at radius 1 is 0.767 bits per heavy atom. The number of benzene rings is 3. The smallest absolute Gasteiger partial charge is 0.328 e. The summed E-state index contributed by atoms with van der Waals surface area (Å²) in [5.74, 6) is -9.08. The minimum Gasteiger partial charge on any atom is -0.508 e. The number of allylic oxidation sites excluding steroid dienone is 1. The molecular weight excluding hydrogens is 981 g/mol. The van der Waals surface area contributed by atoms with Crippen LogP contribution in [0.4, 0.5) is 0 Å². The van der Waals surface area contributed by atoms with Gasteiger partial charge in [-0.2, -0.15) is 0 Å². The van der Waals surface area contributed by atoms with Crippen LogP contribution in [0.15, 0.2) is 84.9 Å². The number of carbonyl (C=O) groups excluding carboxylic acids is 7. The molecule has 394 valence electrons. The van der Waals surface area contributed by atoms with Crippen LogP contribution in [0.25, 0.3) is 5.57 Å². The normalized spacial score (nSPS) is 23.2. The minimum absolute atomic E-state index is 0.00399. The summed E-state index contributed by atoms with van der Waals surface area (Å²) in [6.45, 7) is 2.60. The number of amides is 6. The third-order valence-electron chi connectivity index (χ3n) is 12.4. The molecule has 1 aliphatic heterocycles. The van der Waals surface area contributed by atoms with Crippen LogP contribution in [-0.4, -0.2) is 140 Å². The Morgan fingerprint density at radius 3 is 2.10 bits per heavy atom. The number of aromatic hydroxyl groups is 1. The number of Topliss-reactive ketones (excluding diaryl/α,β-unsaturated/α-hetero) is 1. The molecule has 0 bridgehead atoms. The monoisotopic (exact) mass is 1050 g/mol. The molecule has 10 atom stereocenters. The number of hydrogen-bond donors (Lipinski definition) is 12. The molecule has 14 N–H and O–H groups in total. The SMILES string of the molecule is C[C@@H](O)[C@H](NC(=O)[C@@H]1CSSC[C@H](NC(=O)[C@H](N)Cc2ccccc2)C(=O)C[C@@H](Cc2ccc(O)cc2)C(=O)N[C@H](CC2=CCc3ccccc32)C(=O)N[C@@H](CCCCN)C(=O)N[C@@H]([C@@H](C)O)C(=O)N1)C(=O)O. The van der Waals surface area contributed by atoms with E-state index in [2.05, 4.69) is 31.9 Å². The Morgan fingerprint density at radius 2 is 1.42 bits per heavy atom. The van der Waals surface area contributed by atoms with Gasteiger partial charge in [-0.1, -0.05) is 94.4 Å². The highest BCUT2D eigenvalue weighted by Gasteiger charge is 2.37. The number of aliphatic carboxylic acids is 1. The molecule has 1 saturated heterocycles. The Labute approximate surface area is 431 Å². The first kappa shape index (κ1) is 57.6. The van der Waals surface area contributed by atoms with Gasteiger partial charge in [0.25, 0.3) is 0 Å². The molecule has 1 heterocycles. The molecule has 1 fully saturated rings. The largest absolute Gasteiger partial charge is 0.508 e. The van der Waals surface area contributed by atoms with Gasteiger partial charge in [0, 0.05) is 30.3 Å². The highest BCUT2D eigenvalue weighted by Crippen LogP contribution is 2.31. The van der Waals surface area contributed by atoms with Crippen LogP contribution in [-0.2, 0) is 57.6 Å². The molecule has 3 aromatic carbocycles. The maximum atomic E-state index is 14.8. The van der Waals surface area contributed by atoms with Crippen molar-refractivity contribution in [2.45, 2.75) is 120 Å². The lowest BCUT2D eigenvalue weighted by Crippen LogP contribution is -2.62. The number of nitrogens with one attached hydrogen (secondary N) is 6. The van der Waals surface area contributed by atoms with E-state index >= 15 is 0 Å². The number of ketones is 1. The fraction of sp³-hybridized carbons (Fsp3) is 0.451. The van der Waals surface area contributed by atoms with Gasteiger partial charge in [-0.05, 0) is 98.9 Å². The van der Waals surface area contributed by atoms with Gasteiger partial charge >= 0.3 is 5.97 Å². The van der Waals surface area contributed by atoms with Crippen LogP contribution in [0.3, 0.4) is 0 Å². The van der Waals surface area contributed by atoms with Crippen molar-refractivity contribution in [1.29, 1.82) is 0 Å². The number of carboxylic acids is 1. The van der Waals surface area contributed by atoms with Gasteiger partial charge in [0.05, 0.1) is 24.3 Å². The Balaban J connectivity index is 1.57. The van der Waals surface area contributed by atoms with Crippen molar-refractivity contribution in [2.24, 2.45) is 17.4 Å². The van der Waals surface area contributed by atoms with Gasteiger partial charge < -0.3 is 63.8 Å². The van der Waals surface area contributed by atoms with Crippen molar-refractivity contribution in [2.75, 3.05) is 18.1 Å². The van der Waals surface area contributed by atoms with E-state index in [0.29, 0.717) is 24.8 Å². The molecule has 20 nitrogen and oxygen atoms in total. The van der Waals surface area contributed by atoms with Crippen LogP contribution in [0.1, 0.15) is 68.2 Å². The first-order valence-electron chi connectivity index (χ1n) is 24.1. The molecule has 0 aromatic heterocycles. The van der Waals surface area contributed by atoms with Crippen molar-refractivity contribution in [1.82, 2.24) is 31.9 Å². The number of carboxylic acid groups (broad SMARTS) is 1. The zero-order valence-electron chi connectivity index (χ0n) is 40.7. The summed E-state index contributed by atoms with van der Waals surface area (Å²) < 4.78 is 0. The van der Waals surface area contributed by atoms with Crippen molar-refractivity contribution in [3.8, 4) is 5.75 Å². The van der Waals surface area contributed by atoms with E-state index in [0.717, 1.165) is 50.8 Å². The van der Waals surface area contributed by atoms with Crippen LogP contribution < -0.4 is 43.4 Å². The number of carbonyl (C=O) groups is 8. The van der Waals surface area contributed by atoms with Gasteiger partial charge in [-0.25, -0.2) is 4.79 Å². The number of rotatable bonds is 17. The second kappa shape index (κ2) is 28.2. The van der Waals surface area contributed by atoms with Crippen molar-refractivity contribution in [3.63, 3.8) is 0 Å². The van der Waals surface area contributed by atoms with Crippen LogP contribution in [0.2, 0.25) is 0 Å². The fourth-order valence-electron chi connectivity index (χ4n) is 8.29. The van der Waals surface area contributed by atoms with E-state index in [9.17, 15) is 58.8 Å². The number of aliphatic hydroxyl groups excluding tert-OH is 2. The summed E-state index contributed by atoms with van der Waals surface area (Å²) in [7, 11) is 1.94. The Kier molecular flexibility index (Phi) is 22.3. The summed E-state index contributed by atoms with van der Waals surface area (Å²) in [4.78, 5) is 112. The van der Waals surface area contributed by atoms with E-state index in [4.69, 9.17) is 11.5 Å². The van der Waals surface area contributed by atoms with Gasteiger partial charge in [0.1, 0.15) is 29.9 Å². The lowest BCUT2D eigenvalue weighted by molar-refractivity contribution is -0.145. The van der Waals surface area contributed by atoms with Gasteiger partial charge in [-0.15, -0.1) is 0 Å². The highest BCUT2D eigenvalue weighted by molar-refractivity contribution is 8.76. The molecule has 2 aliphatic rings. The van der Waals surface area contributed by atoms with Gasteiger partial charge in [-0.3, -0.25) is 33.6 Å². The maximum Gasteiger partial charge on any atom is 0.328 e. The summed E-state index contributed by atoms with van der Waals surface area (Å²) in [6.07, 6.45) is -0.363. The van der Waals surface area contributed by atoms with Crippen LogP contribution >= 0.6 is 21.6 Å². The highest BCUT2D eigenvalue weighted by atomic mass is 33.1. The standard InChI is InChI=1S/C51H66N8O12S2/c1-28(60)43-50(69)57-41(49(68)59-44(29(2)61)51(70)71)27-73-72-26-40(56-46(65)37(53)23-30-10-4-3-5-11-30)42(63)25-34(22-31-15-19-35(62)20-16-31)45(64)55-39(24-33-18-17-32-12-6-7-13-36(32)33)48(67)54-38(47(66)58-43)14-8-9-21-52/h3-7,10-13,15-16,18-20,28-29,34,37-41,43-44,60-62H,8-9,14,17,21-27,52-53H2,1-2H3,(H,54,67)(H,55,64)(H,56,65)(H,57,69)(H,58,66)(H,59,68)(H,70,71)/t28-,29-,34-,37-,38+,39-,40+,41+,43+,44+/m1/s1. The number of nitrogens with two attached hydrogens (primary N) is 2. The summed E-state index contributed by atoms with van der Waals surface area (Å²) in [5.41, 5.74) is 16.0. The molecule has 0 spiro atoms. The average Bonchev–Trinajstić information content (AvgIpc) is 3.76. The van der Waals surface area contributed by atoms with Crippen molar-refractivity contribution >= 4 is 74.4 Å². The molecule has 0 saturated carbocycles. The molecular formula is C51H66N8O12S2. The average molecular weight is 1050 g/mol.